The van der Waals surface area contributed by atoms with Gasteiger partial charge in [0.15, 0.2) is 0 Å². The van der Waals surface area contributed by atoms with Crippen LogP contribution in [-0.4, -0.2) is 24.4 Å². The highest BCUT2D eigenvalue weighted by atomic mass is 16.6. The molecule has 7 atom stereocenters. The third-order valence-corrected chi connectivity index (χ3v) is 6.01. The molecule has 2 nitrogen and oxygen atoms in total. The second kappa shape index (κ2) is 4.49. The highest BCUT2D eigenvalue weighted by molar-refractivity contribution is 4.97. The van der Waals surface area contributed by atoms with Crippen molar-refractivity contribution in [3.05, 3.63) is 0 Å². The fraction of sp³-hybridized carbons (Fsp3) is 1.00. The van der Waals surface area contributed by atoms with E-state index in [1.165, 1.54) is 51.4 Å². The van der Waals surface area contributed by atoms with Crippen molar-refractivity contribution >= 4 is 0 Å². The van der Waals surface area contributed by atoms with Gasteiger partial charge < -0.3 is 9.47 Å². The SMILES string of the molecule is CCC(C1CCCC2OC2C1)C1CCC2OC2C1. The first kappa shape index (κ1) is 11.7. The summed E-state index contributed by atoms with van der Waals surface area (Å²) >= 11 is 0. The van der Waals surface area contributed by atoms with E-state index >= 15 is 0 Å². The molecule has 2 saturated heterocycles. The number of hydrogen-bond acceptors (Lipinski definition) is 2. The Kier molecular flexibility index (Phi) is 2.92. The maximum atomic E-state index is 5.77. The summed E-state index contributed by atoms with van der Waals surface area (Å²) in [5, 5.41) is 0. The topological polar surface area (TPSA) is 25.1 Å². The molecule has 2 aliphatic carbocycles. The number of hydrogen-bond donors (Lipinski definition) is 0. The molecule has 0 bridgehead atoms. The van der Waals surface area contributed by atoms with Crippen LogP contribution in [0.4, 0.5) is 0 Å². The second-order valence-electron chi connectivity index (χ2n) is 7.00. The third kappa shape index (κ3) is 2.12. The van der Waals surface area contributed by atoms with Gasteiger partial charge in [-0.25, -0.2) is 0 Å². The van der Waals surface area contributed by atoms with Gasteiger partial charge in [-0.2, -0.15) is 0 Å². The van der Waals surface area contributed by atoms with Crippen molar-refractivity contribution in [3.8, 4) is 0 Å². The van der Waals surface area contributed by atoms with Crippen LogP contribution in [0.1, 0.15) is 58.3 Å². The Morgan fingerprint density at radius 1 is 0.833 bits per heavy atom. The smallest absolute Gasteiger partial charge is 0.0844 e. The normalized spacial score (nSPS) is 51.8. The first-order valence-corrected chi connectivity index (χ1v) is 8.16. The number of fused-ring (bicyclic) bond motifs is 2. The van der Waals surface area contributed by atoms with Crippen molar-refractivity contribution in [2.75, 3.05) is 0 Å². The Hall–Kier alpha value is -0.0800. The molecular formula is C16H26O2. The largest absolute Gasteiger partial charge is 0.370 e. The molecule has 2 saturated carbocycles. The van der Waals surface area contributed by atoms with Crippen LogP contribution in [0.15, 0.2) is 0 Å². The summed E-state index contributed by atoms with van der Waals surface area (Å²) in [5.74, 6) is 2.82. The molecule has 0 amide bonds. The van der Waals surface area contributed by atoms with Crippen molar-refractivity contribution in [3.63, 3.8) is 0 Å². The van der Waals surface area contributed by atoms with E-state index < -0.39 is 0 Å². The Bertz CT molecular complexity index is 316. The van der Waals surface area contributed by atoms with E-state index in [2.05, 4.69) is 6.92 Å². The molecule has 2 heterocycles. The third-order valence-electron chi connectivity index (χ3n) is 6.01. The van der Waals surface area contributed by atoms with Gasteiger partial charge in [-0.15, -0.1) is 0 Å². The van der Waals surface area contributed by atoms with Crippen molar-refractivity contribution in [1.82, 2.24) is 0 Å². The molecule has 4 rings (SSSR count). The van der Waals surface area contributed by atoms with E-state index in [4.69, 9.17) is 9.47 Å². The fourth-order valence-corrected chi connectivity index (χ4v) is 4.90. The molecule has 0 aromatic carbocycles. The summed E-state index contributed by atoms with van der Waals surface area (Å²) in [6, 6.07) is 0. The quantitative estimate of drug-likeness (QED) is 0.716. The van der Waals surface area contributed by atoms with Crippen LogP contribution >= 0.6 is 0 Å². The van der Waals surface area contributed by atoms with Crippen LogP contribution in [0.3, 0.4) is 0 Å². The van der Waals surface area contributed by atoms with Gasteiger partial charge >= 0.3 is 0 Å². The first-order chi connectivity index (χ1) is 8.85. The van der Waals surface area contributed by atoms with E-state index in [9.17, 15) is 0 Å². The van der Waals surface area contributed by atoms with Gasteiger partial charge in [0.05, 0.1) is 24.4 Å². The highest BCUT2D eigenvalue weighted by Crippen LogP contribution is 2.48. The molecule has 0 radical (unpaired) electrons. The summed E-state index contributed by atoms with van der Waals surface area (Å²) < 4.78 is 11.5. The van der Waals surface area contributed by atoms with Crippen molar-refractivity contribution < 1.29 is 9.47 Å². The average molecular weight is 250 g/mol. The van der Waals surface area contributed by atoms with Crippen LogP contribution in [0, 0.1) is 17.8 Å². The van der Waals surface area contributed by atoms with Crippen molar-refractivity contribution in [2.45, 2.75) is 82.7 Å². The lowest BCUT2D eigenvalue weighted by Crippen LogP contribution is -2.28. The molecule has 18 heavy (non-hydrogen) atoms. The highest BCUT2D eigenvalue weighted by Gasteiger charge is 2.48. The second-order valence-corrected chi connectivity index (χ2v) is 7.00. The number of ether oxygens (including phenoxy) is 2. The van der Waals surface area contributed by atoms with Crippen LogP contribution < -0.4 is 0 Å². The molecular weight excluding hydrogens is 224 g/mol. The van der Waals surface area contributed by atoms with Gasteiger partial charge in [-0.05, 0) is 56.3 Å². The molecule has 0 aromatic heterocycles. The standard InChI is InChI=1S/C16H26O2/c1-2-12(11-6-7-14-16(9-11)18-14)10-4-3-5-13-15(8-10)17-13/h10-16H,2-9H2,1H3. The van der Waals surface area contributed by atoms with Crippen LogP contribution in [0.5, 0.6) is 0 Å². The molecule has 0 N–H and O–H groups in total. The van der Waals surface area contributed by atoms with E-state index in [1.54, 1.807) is 0 Å². The zero-order chi connectivity index (χ0) is 12.1. The van der Waals surface area contributed by atoms with E-state index in [0.717, 1.165) is 17.8 Å². The monoisotopic (exact) mass is 250 g/mol. The molecule has 4 aliphatic rings. The minimum absolute atomic E-state index is 0.639. The summed E-state index contributed by atoms with van der Waals surface area (Å²) in [4.78, 5) is 0. The zero-order valence-electron chi connectivity index (χ0n) is 11.5. The molecule has 0 aromatic rings. The number of rotatable bonds is 3. The Morgan fingerprint density at radius 2 is 1.50 bits per heavy atom. The van der Waals surface area contributed by atoms with Crippen molar-refractivity contribution in [1.29, 1.82) is 0 Å². The van der Waals surface area contributed by atoms with E-state index in [1.807, 2.05) is 0 Å². The maximum absolute atomic E-state index is 5.77. The summed E-state index contributed by atoms with van der Waals surface area (Å²) in [5.41, 5.74) is 0. The van der Waals surface area contributed by atoms with Gasteiger partial charge in [0.2, 0.25) is 0 Å². The maximum Gasteiger partial charge on any atom is 0.0844 e. The minimum Gasteiger partial charge on any atom is -0.370 e. The van der Waals surface area contributed by atoms with Gasteiger partial charge in [0.1, 0.15) is 0 Å². The van der Waals surface area contributed by atoms with Crippen LogP contribution in [-0.2, 0) is 9.47 Å². The predicted octanol–water partition coefficient (Wildman–Crippen LogP) is 3.54. The lowest BCUT2D eigenvalue weighted by molar-refractivity contribution is 0.150. The Morgan fingerprint density at radius 3 is 2.17 bits per heavy atom. The first-order valence-electron chi connectivity index (χ1n) is 8.16. The zero-order valence-corrected chi connectivity index (χ0v) is 11.5. The fourth-order valence-electron chi connectivity index (χ4n) is 4.90. The Labute approximate surface area is 110 Å². The molecule has 2 aliphatic heterocycles. The average Bonchev–Trinajstić information content (AvgIpc) is 3.22. The molecule has 4 fully saturated rings. The molecule has 0 spiro atoms. The van der Waals surface area contributed by atoms with Gasteiger partial charge in [0.25, 0.3) is 0 Å². The molecule has 7 unspecified atom stereocenters. The lowest BCUT2D eigenvalue weighted by Gasteiger charge is -2.34. The molecule has 102 valence electrons. The van der Waals surface area contributed by atoms with Gasteiger partial charge in [0, 0.05) is 0 Å². The van der Waals surface area contributed by atoms with Gasteiger partial charge in [-0.1, -0.05) is 19.8 Å². The van der Waals surface area contributed by atoms with Crippen LogP contribution in [0.2, 0.25) is 0 Å². The minimum atomic E-state index is 0.639. The van der Waals surface area contributed by atoms with Crippen molar-refractivity contribution in [2.24, 2.45) is 17.8 Å². The summed E-state index contributed by atoms with van der Waals surface area (Å²) in [6.07, 6.45) is 13.6. The van der Waals surface area contributed by atoms with Gasteiger partial charge in [-0.3, -0.25) is 0 Å². The predicted molar refractivity (Wildman–Crippen MR) is 70.4 cm³/mol. The molecule has 2 heteroatoms. The summed E-state index contributed by atoms with van der Waals surface area (Å²) in [7, 11) is 0. The Balaban J connectivity index is 1.42. The summed E-state index contributed by atoms with van der Waals surface area (Å²) in [6.45, 7) is 2.40. The van der Waals surface area contributed by atoms with E-state index in [-0.39, 0.29) is 0 Å². The number of epoxide rings is 2. The van der Waals surface area contributed by atoms with Crippen LogP contribution in [0.25, 0.3) is 0 Å². The van der Waals surface area contributed by atoms with E-state index in [0.29, 0.717) is 24.4 Å². The lowest BCUT2D eigenvalue weighted by atomic mass is 9.70.